The van der Waals surface area contributed by atoms with Crippen molar-refractivity contribution < 1.29 is 4.79 Å². The molecule has 1 aromatic carbocycles. The molecule has 2 aliphatic rings. The van der Waals surface area contributed by atoms with E-state index in [0.29, 0.717) is 0 Å². The molecule has 0 saturated heterocycles. The Morgan fingerprint density at radius 2 is 2.06 bits per heavy atom. The fraction of sp³-hybridized carbons (Fsp3) is 0.533. The number of anilines is 2. The number of fused-ring (bicyclic) bond motifs is 1. The van der Waals surface area contributed by atoms with Crippen LogP contribution in [0.2, 0.25) is 0 Å². The minimum atomic E-state index is -0.282. The Labute approximate surface area is 108 Å². The highest BCUT2D eigenvalue weighted by molar-refractivity contribution is 6.07. The molecule has 0 atom stereocenters. The van der Waals surface area contributed by atoms with Gasteiger partial charge < -0.3 is 10.2 Å². The van der Waals surface area contributed by atoms with E-state index in [1.807, 2.05) is 6.07 Å². The van der Waals surface area contributed by atoms with E-state index in [0.717, 1.165) is 37.9 Å². The van der Waals surface area contributed by atoms with Crippen molar-refractivity contribution in [1.29, 1.82) is 0 Å². The minimum Gasteiger partial charge on any atom is -0.356 e. The summed E-state index contributed by atoms with van der Waals surface area (Å²) in [5.74, 6) is 0.193. The van der Waals surface area contributed by atoms with Crippen molar-refractivity contribution in [3.8, 4) is 0 Å². The fourth-order valence-corrected chi connectivity index (χ4v) is 3.49. The maximum atomic E-state index is 12.5. The fourth-order valence-electron chi connectivity index (χ4n) is 3.49. The SMILES string of the molecule is CCN1c2cc(C)ccc2NC(=O)C12CCCC2. The van der Waals surface area contributed by atoms with Crippen molar-refractivity contribution in [2.75, 3.05) is 16.8 Å². The number of aryl methyl sites for hydroxylation is 1. The Balaban J connectivity index is 2.13. The van der Waals surface area contributed by atoms with Crippen LogP contribution in [0.4, 0.5) is 11.4 Å². The molecule has 1 heterocycles. The van der Waals surface area contributed by atoms with E-state index in [1.165, 1.54) is 11.3 Å². The predicted octanol–water partition coefficient (Wildman–Crippen LogP) is 3.09. The average molecular weight is 244 g/mol. The number of carbonyl (C=O) groups excluding carboxylic acids is 1. The highest BCUT2D eigenvalue weighted by Gasteiger charge is 2.48. The number of hydrogen-bond acceptors (Lipinski definition) is 2. The lowest BCUT2D eigenvalue weighted by atomic mass is 9.89. The van der Waals surface area contributed by atoms with Crippen LogP contribution in [0.3, 0.4) is 0 Å². The second-order valence-electron chi connectivity index (χ2n) is 5.46. The van der Waals surface area contributed by atoms with E-state index >= 15 is 0 Å². The van der Waals surface area contributed by atoms with Gasteiger partial charge in [0.15, 0.2) is 0 Å². The first kappa shape index (κ1) is 11.6. The Kier molecular flexibility index (Phi) is 2.58. The van der Waals surface area contributed by atoms with Crippen LogP contribution in [0.5, 0.6) is 0 Å². The van der Waals surface area contributed by atoms with Crippen LogP contribution in [-0.4, -0.2) is 18.0 Å². The summed E-state index contributed by atoms with van der Waals surface area (Å²) < 4.78 is 0. The first-order valence-electron chi connectivity index (χ1n) is 6.87. The molecule has 1 aliphatic heterocycles. The Bertz CT molecular complexity index is 489. The standard InChI is InChI=1S/C15H20N2O/c1-3-17-13-10-11(2)6-7-12(13)16-14(18)15(17)8-4-5-9-15/h6-7,10H,3-5,8-9H2,1-2H3,(H,16,18). The van der Waals surface area contributed by atoms with Gasteiger partial charge in [-0.3, -0.25) is 4.79 Å². The van der Waals surface area contributed by atoms with Gasteiger partial charge >= 0.3 is 0 Å². The molecular weight excluding hydrogens is 224 g/mol. The van der Waals surface area contributed by atoms with Crippen LogP contribution in [0.1, 0.15) is 38.2 Å². The van der Waals surface area contributed by atoms with Crippen LogP contribution in [0.15, 0.2) is 18.2 Å². The quantitative estimate of drug-likeness (QED) is 0.823. The summed E-state index contributed by atoms with van der Waals surface area (Å²) in [6.07, 6.45) is 4.29. The van der Waals surface area contributed by atoms with Gasteiger partial charge in [-0.1, -0.05) is 18.9 Å². The maximum Gasteiger partial charge on any atom is 0.250 e. The van der Waals surface area contributed by atoms with Gasteiger partial charge in [0.1, 0.15) is 5.54 Å². The van der Waals surface area contributed by atoms with Gasteiger partial charge in [0.05, 0.1) is 11.4 Å². The smallest absolute Gasteiger partial charge is 0.250 e. The lowest BCUT2D eigenvalue weighted by molar-refractivity contribution is -0.121. The van der Waals surface area contributed by atoms with Gasteiger partial charge in [0.2, 0.25) is 5.91 Å². The van der Waals surface area contributed by atoms with Gasteiger partial charge in [-0.05, 0) is 44.4 Å². The maximum absolute atomic E-state index is 12.5. The number of rotatable bonds is 1. The summed E-state index contributed by atoms with van der Waals surface area (Å²) in [4.78, 5) is 14.8. The third-order valence-corrected chi connectivity index (χ3v) is 4.38. The molecule has 3 nitrogen and oxygen atoms in total. The molecule has 1 spiro atoms. The lowest BCUT2D eigenvalue weighted by Gasteiger charge is -2.45. The van der Waals surface area contributed by atoms with Crippen molar-refractivity contribution in [1.82, 2.24) is 0 Å². The third kappa shape index (κ3) is 1.46. The first-order valence-corrected chi connectivity index (χ1v) is 6.87. The molecule has 18 heavy (non-hydrogen) atoms. The number of hydrogen-bond donors (Lipinski definition) is 1. The molecule has 96 valence electrons. The van der Waals surface area contributed by atoms with Crippen molar-refractivity contribution >= 4 is 17.3 Å². The Hall–Kier alpha value is -1.51. The number of benzene rings is 1. The summed E-state index contributed by atoms with van der Waals surface area (Å²) in [5, 5.41) is 3.10. The number of carbonyl (C=O) groups is 1. The molecule has 3 heteroatoms. The van der Waals surface area contributed by atoms with Crippen molar-refractivity contribution in [2.24, 2.45) is 0 Å². The van der Waals surface area contributed by atoms with E-state index in [2.05, 4.69) is 36.2 Å². The molecule has 1 aromatic rings. The molecule has 0 aromatic heterocycles. The molecule has 0 radical (unpaired) electrons. The molecular formula is C15H20N2O. The predicted molar refractivity (Wildman–Crippen MR) is 74.0 cm³/mol. The van der Waals surface area contributed by atoms with Crippen molar-refractivity contribution in [3.05, 3.63) is 23.8 Å². The first-order chi connectivity index (χ1) is 8.67. The highest BCUT2D eigenvalue weighted by Crippen LogP contribution is 2.45. The Morgan fingerprint density at radius 3 is 2.72 bits per heavy atom. The summed E-state index contributed by atoms with van der Waals surface area (Å²) in [5.41, 5.74) is 3.12. The average Bonchev–Trinajstić information content (AvgIpc) is 2.82. The summed E-state index contributed by atoms with van der Waals surface area (Å²) in [7, 11) is 0. The van der Waals surface area contributed by atoms with E-state index in [1.54, 1.807) is 0 Å². The second kappa shape index (κ2) is 4.01. The van der Waals surface area contributed by atoms with E-state index < -0.39 is 0 Å². The van der Waals surface area contributed by atoms with Crippen LogP contribution in [-0.2, 0) is 4.79 Å². The summed E-state index contributed by atoms with van der Waals surface area (Å²) >= 11 is 0. The normalized spacial score (nSPS) is 21.0. The van der Waals surface area contributed by atoms with Gasteiger partial charge in [0, 0.05) is 6.54 Å². The number of nitrogens with zero attached hydrogens (tertiary/aromatic N) is 1. The second-order valence-corrected chi connectivity index (χ2v) is 5.46. The molecule has 0 bridgehead atoms. The zero-order chi connectivity index (χ0) is 12.8. The van der Waals surface area contributed by atoms with Crippen LogP contribution < -0.4 is 10.2 Å². The number of nitrogens with one attached hydrogen (secondary N) is 1. The minimum absolute atomic E-state index is 0.193. The molecule has 1 saturated carbocycles. The third-order valence-electron chi connectivity index (χ3n) is 4.38. The number of likely N-dealkylation sites (N-methyl/N-ethyl adjacent to an activating group) is 1. The van der Waals surface area contributed by atoms with E-state index in [-0.39, 0.29) is 11.4 Å². The van der Waals surface area contributed by atoms with Crippen LogP contribution in [0.25, 0.3) is 0 Å². The topological polar surface area (TPSA) is 32.3 Å². The molecule has 0 unspecified atom stereocenters. The molecule has 1 N–H and O–H groups in total. The molecule has 1 amide bonds. The monoisotopic (exact) mass is 244 g/mol. The highest BCUT2D eigenvalue weighted by atomic mass is 16.2. The zero-order valence-corrected chi connectivity index (χ0v) is 11.1. The molecule has 1 aliphatic carbocycles. The van der Waals surface area contributed by atoms with E-state index in [4.69, 9.17) is 0 Å². The molecule has 3 rings (SSSR count). The van der Waals surface area contributed by atoms with Gasteiger partial charge in [0.25, 0.3) is 0 Å². The van der Waals surface area contributed by atoms with Crippen molar-refractivity contribution in [2.45, 2.75) is 45.1 Å². The van der Waals surface area contributed by atoms with Gasteiger partial charge in [-0.2, -0.15) is 0 Å². The van der Waals surface area contributed by atoms with Gasteiger partial charge in [-0.25, -0.2) is 0 Å². The van der Waals surface area contributed by atoms with Crippen molar-refractivity contribution in [3.63, 3.8) is 0 Å². The van der Waals surface area contributed by atoms with Crippen LogP contribution >= 0.6 is 0 Å². The molecule has 1 fully saturated rings. The van der Waals surface area contributed by atoms with Gasteiger partial charge in [-0.15, -0.1) is 0 Å². The summed E-state index contributed by atoms with van der Waals surface area (Å²) in [6.45, 7) is 5.14. The zero-order valence-electron chi connectivity index (χ0n) is 11.1. The Morgan fingerprint density at radius 1 is 1.33 bits per heavy atom. The van der Waals surface area contributed by atoms with E-state index in [9.17, 15) is 4.79 Å². The lowest BCUT2D eigenvalue weighted by Crippen LogP contribution is -2.58. The summed E-state index contributed by atoms with van der Waals surface area (Å²) in [6, 6.07) is 6.27. The van der Waals surface area contributed by atoms with Crippen LogP contribution in [0, 0.1) is 6.92 Å². The largest absolute Gasteiger partial charge is 0.356 e. The number of amides is 1.